The number of pyridine rings is 1. The molecule has 0 N–H and O–H groups in total. The smallest absolute Gasteiger partial charge is 0.213 e. The summed E-state index contributed by atoms with van der Waals surface area (Å²) in [6.07, 6.45) is 1.12. The number of hydrogen-bond donors (Lipinski definition) is 0. The summed E-state index contributed by atoms with van der Waals surface area (Å²) in [6, 6.07) is 15.1. The summed E-state index contributed by atoms with van der Waals surface area (Å²) in [4.78, 5) is 4.38. The Balaban J connectivity index is 2.35. The largest absolute Gasteiger partial charge is 0.481 e. The molecule has 0 amide bonds. The summed E-state index contributed by atoms with van der Waals surface area (Å²) in [6.45, 7) is -1.29. The molecule has 2 aromatic carbocycles. The molecule has 0 spiro atoms. The highest BCUT2D eigenvalue weighted by Gasteiger charge is 2.34. The second-order valence-corrected chi connectivity index (χ2v) is 10.4. The van der Waals surface area contributed by atoms with Crippen LogP contribution in [-0.2, 0) is 15.2 Å². The van der Waals surface area contributed by atoms with E-state index in [-0.39, 0.29) is 16.5 Å². The molecule has 4 nitrogen and oxygen atoms in total. The van der Waals surface area contributed by atoms with Gasteiger partial charge in [-0.3, -0.25) is 0 Å². The number of ether oxygens (including phenoxy) is 1. The molecule has 0 aliphatic rings. The average Bonchev–Trinajstić information content (AvgIpc) is 2.73. The third-order valence-corrected chi connectivity index (χ3v) is 6.53. The lowest BCUT2D eigenvalue weighted by Crippen LogP contribution is -2.18. The van der Waals surface area contributed by atoms with E-state index < -0.39 is 21.9 Å². The van der Waals surface area contributed by atoms with Gasteiger partial charge in [0.25, 0.3) is 0 Å². The maximum atomic E-state index is 15.2. The minimum atomic E-state index is -3.37. The number of hydrogen-bond acceptors (Lipinski definition) is 4. The van der Waals surface area contributed by atoms with Crippen molar-refractivity contribution in [3.63, 3.8) is 0 Å². The first kappa shape index (κ1) is 22.7. The van der Waals surface area contributed by atoms with Crippen LogP contribution in [0.3, 0.4) is 0 Å². The van der Waals surface area contributed by atoms with Crippen LogP contribution in [0.25, 0.3) is 22.3 Å². The van der Waals surface area contributed by atoms with Crippen LogP contribution in [0.15, 0.2) is 59.5 Å². The first-order valence-corrected chi connectivity index (χ1v) is 11.9. The van der Waals surface area contributed by atoms with Crippen LogP contribution in [0.5, 0.6) is 5.88 Å². The molecule has 0 saturated heterocycles. The van der Waals surface area contributed by atoms with Gasteiger partial charge in [-0.1, -0.05) is 45.6 Å². The van der Waals surface area contributed by atoms with Crippen LogP contribution in [0.4, 0.5) is 8.78 Å². The van der Waals surface area contributed by atoms with E-state index in [9.17, 15) is 12.8 Å². The van der Waals surface area contributed by atoms with Gasteiger partial charge >= 0.3 is 0 Å². The van der Waals surface area contributed by atoms with E-state index in [0.717, 1.165) is 11.6 Å². The van der Waals surface area contributed by atoms with Crippen molar-refractivity contribution in [2.75, 3.05) is 20.0 Å². The highest BCUT2D eigenvalue weighted by atomic mass is 32.2. The predicted molar refractivity (Wildman–Crippen MR) is 123 cm³/mol. The van der Waals surface area contributed by atoms with Gasteiger partial charge in [-0.15, -0.1) is 9.24 Å². The predicted octanol–water partition coefficient (Wildman–Crippen LogP) is 4.30. The number of alkyl halides is 2. The average molecular weight is 467 g/mol. The Bertz CT molecular complexity index is 1170. The second-order valence-electron chi connectivity index (χ2n) is 6.85. The number of methoxy groups -OCH3 is 1. The van der Waals surface area contributed by atoms with Crippen molar-refractivity contribution in [1.29, 1.82) is 0 Å². The fraction of sp³-hybridized carbons (Fsp3) is 0.190. The Kier molecular flexibility index (Phi) is 6.57. The van der Waals surface area contributed by atoms with E-state index in [1.165, 1.54) is 19.2 Å². The molecule has 30 heavy (non-hydrogen) atoms. The van der Waals surface area contributed by atoms with Gasteiger partial charge in [-0.25, -0.2) is 22.2 Å². The van der Waals surface area contributed by atoms with Crippen LogP contribution >= 0.6 is 18.5 Å². The molecule has 3 unspecified atom stereocenters. The zero-order chi connectivity index (χ0) is 22.1. The lowest BCUT2D eigenvalue weighted by Gasteiger charge is -2.23. The number of halogens is 2. The molecule has 3 rings (SSSR count). The Morgan fingerprint density at radius 3 is 2.13 bits per heavy atom. The lowest BCUT2D eigenvalue weighted by atomic mass is 9.92. The Hall–Kier alpha value is -1.94. The van der Waals surface area contributed by atoms with Gasteiger partial charge in [0.05, 0.1) is 17.7 Å². The van der Waals surface area contributed by atoms with Crippen LogP contribution in [0.2, 0.25) is 0 Å². The standard InChI is InChI=1S/C21H21F2NO3P2S/c1-27-18-11-17(13-5-9-16(10-6-13)30(2,25)26)19(14-3-7-15(28)8-4-14)20(24-18)21(23,29)12-22/h3-11H,12,28-29H2,1-2H3. The fourth-order valence-corrected chi connectivity index (χ4v) is 4.07. The van der Waals surface area contributed by atoms with Gasteiger partial charge in [0, 0.05) is 17.9 Å². The quantitative estimate of drug-likeness (QED) is 0.508. The Morgan fingerprint density at radius 2 is 1.63 bits per heavy atom. The zero-order valence-corrected chi connectivity index (χ0v) is 19.5. The van der Waals surface area contributed by atoms with Crippen molar-refractivity contribution < 1.29 is 21.9 Å². The summed E-state index contributed by atoms with van der Waals surface area (Å²) in [5.74, 6) is 0.122. The lowest BCUT2D eigenvalue weighted by molar-refractivity contribution is 0.219. The minimum Gasteiger partial charge on any atom is -0.481 e. The highest BCUT2D eigenvalue weighted by Crippen LogP contribution is 2.44. The summed E-state index contributed by atoms with van der Waals surface area (Å²) in [5.41, 5.74) is 2.10. The molecule has 0 radical (unpaired) electrons. The molecule has 1 heterocycles. The monoisotopic (exact) mass is 467 g/mol. The molecular formula is C21H21F2NO3P2S. The molecule has 3 aromatic rings. The SMILES string of the molecule is COc1cc(-c2ccc(S(C)(=O)=O)cc2)c(-c2ccc(P)cc2)c(C(F)(P)CF)n1. The van der Waals surface area contributed by atoms with Crippen LogP contribution < -0.4 is 10.0 Å². The normalized spacial score (nSPS) is 13.7. The molecular weight excluding hydrogens is 446 g/mol. The van der Waals surface area contributed by atoms with Crippen molar-refractivity contribution in [3.05, 3.63) is 60.3 Å². The zero-order valence-electron chi connectivity index (χ0n) is 16.4. The second kappa shape index (κ2) is 8.66. The topological polar surface area (TPSA) is 56.3 Å². The van der Waals surface area contributed by atoms with Crippen molar-refractivity contribution in [2.24, 2.45) is 0 Å². The van der Waals surface area contributed by atoms with Crippen molar-refractivity contribution >= 4 is 33.6 Å². The van der Waals surface area contributed by atoms with E-state index in [0.29, 0.717) is 22.3 Å². The van der Waals surface area contributed by atoms with Gasteiger partial charge in [0.15, 0.2) is 15.2 Å². The molecule has 0 fully saturated rings. The van der Waals surface area contributed by atoms with Gasteiger partial charge in [-0.2, -0.15) is 0 Å². The summed E-state index contributed by atoms with van der Waals surface area (Å²) in [5, 5.41) is -1.49. The number of rotatable bonds is 6. The van der Waals surface area contributed by atoms with E-state index in [1.54, 1.807) is 30.3 Å². The number of benzene rings is 2. The van der Waals surface area contributed by atoms with E-state index in [1.807, 2.05) is 21.4 Å². The van der Waals surface area contributed by atoms with Gasteiger partial charge in [0.2, 0.25) is 5.88 Å². The molecule has 0 aliphatic carbocycles. The number of aromatic nitrogens is 1. The summed E-state index contributed by atoms with van der Waals surface area (Å²) < 4.78 is 57.7. The highest BCUT2D eigenvalue weighted by molar-refractivity contribution is 7.90. The van der Waals surface area contributed by atoms with Crippen LogP contribution in [-0.4, -0.2) is 33.4 Å². The molecule has 0 saturated carbocycles. The van der Waals surface area contributed by atoms with E-state index in [4.69, 9.17) is 4.74 Å². The minimum absolute atomic E-state index is 0.118. The van der Waals surface area contributed by atoms with E-state index >= 15 is 4.39 Å². The molecule has 0 bridgehead atoms. The molecule has 158 valence electrons. The summed E-state index contributed by atoms with van der Waals surface area (Å²) >= 11 is 0. The maximum Gasteiger partial charge on any atom is 0.213 e. The summed E-state index contributed by atoms with van der Waals surface area (Å²) in [7, 11) is 2.48. The molecule has 3 atom stereocenters. The van der Waals surface area contributed by atoms with Crippen molar-refractivity contribution in [2.45, 2.75) is 10.3 Å². The third kappa shape index (κ3) is 4.69. The third-order valence-electron chi connectivity index (χ3n) is 4.59. The van der Waals surface area contributed by atoms with Crippen LogP contribution in [0.1, 0.15) is 5.69 Å². The van der Waals surface area contributed by atoms with Crippen LogP contribution in [0, 0.1) is 0 Å². The van der Waals surface area contributed by atoms with Crippen molar-refractivity contribution in [1.82, 2.24) is 4.98 Å². The first-order chi connectivity index (χ1) is 14.1. The van der Waals surface area contributed by atoms with Gasteiger partial charge in [0.1, 0.15) is 6.67 Å². The first-order valence-electron chi connectivity index (χ1n) is 8.86. The molecule has 9 heteroatoms. The Labute approximate surface area is 179 Å². The van der Waals surface area contributed by atoms with Gasteiger partial charge in [-0.05, 0) is 34.1 Å². The molecule has 1 aromatic heterocycles. The fourth-order valence-electron chi connectivity index (χ4n) is 3.04. The molecule has 0 aliphatic heterocycles. The van der Waals surface area contributed by atoms with E-state index in [2.05, 4.69) is 14.2 Å². The Morgan fingerprint density at radius 1 is 1.07 bits per heavy atom. The maximum absolute atomic E-state index is 15.2. The van der Waals surface area contributed by atoms with Crippen molar-refractivity contribution in [3.8, 4) is 28.1 Å². The van der Waals surface area contributed by atoms with Gasteiger partial charge < -0.3 is 4.74 Å². The number of sulfone groups is 1. The number of nitrogens with zero attached hydrogens (tertiary/aromatic N) is 1.